The summed E-state index contributed by atoms with van der Waals surface area (Å²) in [4.78, 5) is 5.38. The van der Waals surface area contributed by atoms with Crippen LogP contribution in [-0.2, 0) is 6.18 Å². The van der Waals surface area contributed by atoms with E-state index in [4.69, 9.17) is 5.26 Å². The first kappa shape index (κ1) is 13.6. The highest BCUT2D eigenvalue weighted by atomic mass is 19.4. The summed E-state index contributed by atoms with van der Waals surface area (Å²) in [7, 11) is 0. The maximum atomic E-state index is 12.7. The molecular formula is C12H13F3N4. The van der Waals surface area contributed by atoms with E-state index in [1.54, 1.807) is 4.90 Å². The lowest BCUT2D eigenvalue weighted by Gasteiger charge is -2.35. The quantitative estimate of drug-likeness (QED) is 0.845. The zero-order valence-electron chi connectivity index (χ0n) is 10.3. The van der Waals surface area contributed by atoms with Gasteiger partial charge < -0.3 is 10.2 Å². The van der Waals surface area contributed by atoms with Crippen molar-refractivity contribution in [3.8, 4) is 6.07 Å². The summed E-state index contributed by atoms with van der Waals surface area (Å²) in [6.07, 6.45) is -4.50. The fourth-order valence-corrected chi connectivity index (χ4v) is 2.07. The molecule has 1 N–H and O–H groups in total. The Balaban J connectivity index is 2.44. The van der Waals surface area contributed by atoms with Gasteiger partial charge in [-0.3, -0.25) is 0 Å². The van der Waals surface area contributed by atoms with Crippen molar-refractivity contribution >= 4 is 5.82 Å². The first-order valence-corrected chi connectivity index (χ1v) is 5.89. The zero-order valence-corrected chi connectivity index (χ0v) is 10.3. The molecule has 1 fully saturated rings. The van der Waals surface area contributed by atoms with Gasteiger partial charge >= 0.3 is 6.18 Å². The molecule has 0 aromatic carbocycles. The maximum Gasteiger partial charge on any atom is 0.433 e. The Kier molecular flexibility index (Phi) is 3.62. The van der Waals surface area contributed by atoms with E-state index in [0.29, 0.717) is 19.6 Å². The molecule has 0 bridgehead atoms. The number of piperazine rings is 1. The topological polar surface area (TPSA) is 52.0 Å². The predicted octanol–water partition coefficient (Wildman–Crippen LogP) is 1.77. The molecular weight excluding hydrogens is 257 g/mol. The first-order chi connectivity index (χ1) is 8.93. The average molecular weight is 270 g/mol. The smallest absolute Gasteiger partial charge is 0.350 e. The standard InChI is InChI=1S/C12H13F3N4/c1-8-7-17-4-5-19(8)11-9(6-16)2-3-10(18-11)12(13,14)15/h2-3,8,17H,4-5,7H2,1H3/t8-/m0/s1. The number of hydrogen-bond donors (Lipinski definition) is 1. The van der Waals surface area contributed by atoms with Gasteiger partial charge in [0.15, 0.2) is 0 Å². The minimum absolute atomic E-state index is 0.00293. The van der Waals surface area contributed by atoms with E-state index >= 15 is 0 Å². The number of nitrogens with zero attached hydrogens (tertiary/aromatic N) is 3. The molecule has 0 saturated carbocycles. The Labute approximate surface area is 108 Å². The van der Waals surface area contributed by atoms with Crippen molar-refractivity contribution in [3.05, 3.63) is 23.4 Å². The third kappa shape index (κ3) is 2.79. The van der Waals surface area contributed by atoms with Crippen LogP contribution in [0.3, 0.4) is 0 Å². The van der Waals surface area contributed by atoms with Gasteiger partial charge in [-0.15, -0.1) is 0 Å². The SMILES string of the molecule is C[C@H]1CNCCN1c1nc(C(F)(F)F)ccc1C#N. The highest BCUT2D eigenvalue weighted by molar-refractivity contribution is 5.55. The van der Waals surface area contributed by atoms with E-state index in [0.717, 1.165) is 6.07 Å². The van der Waals surface area contributed by atoms with Crippen LogP contribution in [0.25, 0.3) is 0 Å². The van der Waals surface area contributed by atoms with Gasteiger partial charge in [-0.05, 0) is 19.1 Å². The van der Waals surface area contributed by atoms with Crippen LogP contribution in [0, 0.1) is 11.3 Å². The van der Waals surface area contributed by atoms with E-state index in [2.05, 4.69) is 10.3 Å². The Morgan fingerprint density at radius 3 is 2.79 bits per heavy atom. The summed E-state index contributed by atoms with van der Waals surface area (Å²) < 4.78 is 38.1. The van der Waals surface area contributed by atoms with Crippen LogP contribution >= 0.6 is 0 Å². The molecule has 0 unspecified atom stereocenters. The molecule has 1 aromatic heterocycles. The van der Waals surface area contributed by atoms with Gasteiger partial charge in [-0.1, -0.05) is 0 Å². The van der Waals surface area contributed by atoms with Crippen molar-refractivity contribution in [1.29, 1.82) is 5.26 Å². The largest absolute Gasteiger partial charge is 0.433 e. The van der Waals surface area contributed by atoms with Crippen molar-refractivity contribution in [2.24, 2.45) is 0 Å². The third-order valence-electron chi connectivity index (χ3n) is 3.06. The summed E-state index contributed by atoms with van der Waals surface area (Å²) in [6.45, 7) is 3.73. The summed E-state index contributed by atoms with van der Waals surface area (Å²) in [5, 5.41) is 12.2. The van der Waals surface area contributed by atoms with Crippen LogP contribution in [0.2, 0.25) is 0 Å². The number of aromatic nitrogens is 1. The number of halogens is 3. The monoisotopic (exact) mass is 270 g/mol. The van der Waals surface area contributed by atoms with Crippen molar-refractivity contribution < 1.29 is 13.2 Å². The normalized spacial score (nSPS) is 20.2. The molecule has 1 aliphatic rings. The van der Waals surface area contributed by atoms with Crippen LogP contribution in [0.5, 0.6) is 0 Å². The van der Waals surface area contributed by atoms with E-state index in [-0.39, 0.29) is 17.4 Å². The molecule has 4 nitrogen and oxygen atoms in total. The number of nitriles is 1. The molecule has 2 rings (SSSR count). The van der Waals surface area contributed by atoms with Gasteiger partial charge in [0.2, 0.25) is 0 Å². The minimum atomic E-state index is -4.50. The summed E-state index contributed by atoms with van der Waals surface area (Å²) in [6, 6.07) is 3.92. The Morgan fingerprint density at radius 2 is 2.21 bits per heavy atom. The Bertz CT molecular complexity index is 507. The molecule has 0 radical (unpaired) electrons. The van der Waals surface area contributed by atoms with E-state index in [1.807, 2.05) is 13.0 Å². The molecule has 2 heterocycles. The fraction of sp³-hybridized carbons (Fsp3) is 0.500. The molecule has 0 spiro atoms. The van der Waals surface area contributed by atoms with Crippen LogP contribution in [0.1, 0.15) is 18.2 Å². The van der Waals surface area contributed by atoms with Crippen molar-refractivity contribution in [1.82, 2.24) is 10.3 Å². The lowest BCUT2D eigenvalue weighted by atomic mass is 10.1. The number of pyridine rings is 1. The second-order valence-electron chi connectivity index (χ2n) is 4.42. The van der Waals surface area contributed by atoms with Crippen molar-refractivity contribution in [3.63, 3.8) is 0 Å². The second kappa shape index (κ2) is 5.05. The second-order valence-corrected chi connectivity index (χ2v) is 4.42. The van der Waals surface area contributed by atoms with Crippen LogP contribution in [0.4, 0.5) is 19.0 Å². The lowest BCUT2D eigenvalue weighted by molar-refractivity contribution is -0.141. The molecule has 7 heteroatoms. The third-order valence-corrected chi connectivity index (χ3v) is 3.06. The zero-order chi connectivity index (χ0) is 14.0. The van der Waals surface area contributed by atoms with E-state index in [9.17, 15) is 13.2 Å². The highest BCUT2D eigenvalue weighted by Crippen LogP contribution is 2.31. The molecule has 19 heavy (non-hydrogen) atoms. The van der Waals surface area contributed by atoms with Gasteiger partial charge in [0.1, 0.15) is 17.6 Å². The Hall–Kier alpha value is -1.81. The van der Waals surface area contributed by atoms with Crippen molar-refractivity contribution in [2.75, 3.05) is 24.5 Å². The van der Waals surface area contributed by atoms with Crippen LogP contribution < -0.4 is 10.2 Å². The number of rotatable bonds is 1. The van der Waals surface area contributed by atoms with Crippen LogP contribution in [-0.4, -0.2) is 30.7 Å². The average Bonchev–Trinajstić information content (AvgIpc) is 2.37. The molecule has 1 aromatic rings. The number of nitrogens with one attached hydrogen (secondary N) is 1. The molecule has 0 amide bonds. The molecule has 1 saturated heterocycles. The van der Waals surface area contributed by atoms with Gasteiger partial charge in [-0.2, -0.15) is 18.4 Å². The van der Waals surface area contributed by atoms with Gasteiger partial charge in [0, 0.05) is 25.7 Å². The predicted molar refractivity (Wildman–Crippen MR) is 63.6 cm³/mol. The number of anilines is 1. The summed E-state index contributed by atoms with van der Waals surface area (Å²) in [5.74, 6) is 0.117. The molecule has 1 aliphatic heterocycles. The lowest BCUT2D eigenvalue weighted by Crippen LogP contribution is -2.50. The number of hydrogen-bond acceptors (Lipinski definition) is 4. The Morgan fingerprint density at radius 1 is 1.47 bits per heavy atom. The fourth-order valence-electron chi connectivity index (χ4n) is 2.07. The minimum Gasteiger partial charge on any atom is -0.350 e. The molecule has 1 atom stereocenters. The highest BCUT2D eigenvalue weighted by Gasteiger charge is 2.34. The van der Waals surface area contributed by atoms with Gasteiger partial charge in [-0.25, -0.2) is 4.98 Å². The molecule has 102 valence electrons. The van der Waals surface area contributed by atoms with E-state index < -0.39 is 11.9 Å². The molecule has 0 aliphatic carbocycles. The summed E-state index contributed by atoms with van der Waals surface area (Å²) in [5.41, 5.74) is -0.797. The number of alkyl halides is 3. The maximum absolute atomic E-state index is 12.7. The van der Waals surface area contributed by atoms with Crippen LogP contribution in [0.15, 0.2) is 12.1 Å². The first-order valence-electron chi connectivity index (χ1n) is 5.89. The van der Waals surface area contributed by atoms with Gasteiger partial charge in [0.25, 0.3) is 0 Å². The summed E-state index contributed by atoms with van der Waals surface area (Å²) >= 11 is 0. The van der Waals surface area contributed by atoms with E-state index in [1.165, 1.54) is 6.07 Å². The van der Waals surface area contributed by atoms with Crippen molar-refractivity contribution in [2.45, 2.75) is 19.1 Å². The van der Waals surface area contributed by atoms with Gasteiger partial charge in [0.05, 0.1) is 5.56 Å².